The van der Waals surface area contributed by atoms with E-state index in [4.69, 9.17) is 9.47 Å². The molecule has 0 bridgehead atoms. The van der Waals surface area contributed by atoms with Crippen molar-refractivity contribution in [1.29, 1.82) is 0 Å². The van der Waals surface area contributed by atoms with Crippen molar-refractivity contribution in [3.63, 3.8) is 0 Å². The molecule has 0 N–H and O–H groups in total. The topological polar surface area (TPSA) is 62.5 Å². The van der Waals surface area contributed by atoms with E-state index < -0.39 is 5.69 Å². The molecule has 0 spiro atoms. The third-order valence-corrected chi connectivity index (χ3v) is 2.79. The van der Waals surface area contributed by atoms with Crippen molar-refractivity contribution in [2.24, 2.45) is 0 Å². The van der Waals surface area contributed by atoms with E-state index in [0.29, 0.717) is 16.8 Å². The Morgan fingerprint density at radius 3 is 2.35 bits per heavy atom. The molecule has 0 aliphatic heterocycles. The molecule has 6 nitrogen and oxygen atoms in total. The lowest BCUT2D eigenvalue weighted by Crippen LogP contribution is -2.41. The highest BCUT2D eigenvalue weighted by Gasteiger charge is 2.09. The van der Waals surface area contributed by atoms with Gasteiger partial charge in [0.05, 0.1) is 3.57 Å². The fourth-order valence-corrected chi connectivity index (χ4v) is 1.82. The number of hydrogen-bond acceptors (Lipinski definition) is 4. The molecule has 0 aliphatic carbocycles. The Morgan fingerprint density at radius 2 is 1.76 bits per heavy atom. The molecular formula is C10H15IN2O4. The highest BCUT2D eigenvalue weighted by Crippen LogP contribution is 1.95. The Hall–Kier alpha value is -0.670. The highest BCUT2D eigenvalue weighted by molar-refractivity contribution is 14.1. The van der Waals surface area contributed by atoms with Crippen LogP contribution in [0.15, 0.2) is 15.8 Å². The maximum Gasteiger partial charge on any atom is 0.334 e. The van der Waals surface area contributed by atoms with E-state index in [-0.39, 0.29) is 19.0 Å². The van der Waals surface area contributed by atoms with Gasteiger partial charge in [-0.15, -0.1) is 0 Å². The molecule has 0 fully saturated rings. The van der Waals surface area contributed by atoms with Crippen molar-refractivity contribution in [2.75, 3.05) is 13.2 Å². The lowest BCUT2D eigenvalue weighted by atomic mass is 10.6. The first kappa shape index (κ1) is 14.4. The molecule has 0 atom stereocenters. The van der Waals surface area contributed by atoms with Gasteiger partial charge in [0, 0.05) is 19.4 Å². The molecule has 17 heavy (non-hydrogen) atoms. The van der Waals surface area contributed by atoms with Crippen LogP contribution in [0, 0.1) is 3.57 Å². The van der Waals surface area contributed by atoms with Crippen LogP contribution in [0.3, 0.4) is 0 Å². The third-order valence-electron chi connectivity index (χ3n) is 2.05. The van der Waals surface area contributed by atoms with Crippen molar-refractivity contribution < 1.29 is 9.47 Å². The monoisotopic (exact) mass is 354 g/mol. The van der Waals surface area contributed by atoms with E-state index in [1.165, 1.54) is 10.8 Å². The first-order chi connectivity index (χ1) is 8.11. The Bertz CT molecular complexity index is 480. The minimum Gasteiger partial charge on any atom is -0.361 e. The minimum atomic E-state index is -0.419. The zero-order valence-electron chi connectivity index (χ0n) is 9.81. The van der Waals surface area contributed by atoms with Crippen LogP contribution in [-0.2, 0) is 22.9 Å². The van der Waals surface area contributed by atoms with E-state index in [1.807, 2.05) is 29.5 Å². The molecule has 1 aromatic rings. The van der Waals surface area contributed by atoms with Crippen molar-refractivity contribution >= 4 is 22.6 Å². The maximum absolute atomic E-state index is 11.9. The van der Waals surface area contributed by atoms with Crippen molar-refractivity contribution in [3.8, 4) is 0 Å². The zero-order valence-corrected chi connectivity index (χ0v) is 12.0. The molecule has 0 saturated heterocycles. The Morgan fingerprint density at radius 1 is 1.18 bits per heavy atom. The van der Waals surface area contributed by atoms with E-state index in [0.717, 1.165) is 4.57 Å². The van der Waals surface area contributed by atoms with Gasteiger partial charge >= 0.3 is 5.69 Å². The zero-order chi connectivity index (χ0) is 12.8. The van der Waals surface area contributed by atoms with Crippen molar-refractivity contribution in [2.45, 2.75) is 27.3 Å². The second-order valence-corrected chi connectivity index (χ2v) is 4.37. The van der Waals surface area contributed by atoms with Gasteiger partial charge in [0.25, 0.3) is 5.56 Å². The average molecular weight is 354 g/mol. The number of ether oxygens (including phenoxy) is 2. The van der Waals surface area contributed by atoms with Gasteiger partial charge in [-0.1, -0.05) is 0 Å². The standard InChI is InChI=1S/C10H15IN2O4/c1-3-16-6-12-5-8(11)9(14)13(10(12)15)7-17-4-2/h5H,3-4,6-7H2,1-2H3. The van der Waals surface area contributed by atoms with Crippen LogP contribution in [0.2, 0.25) is 0 Å². The summed E-state index contributed by atoms with van der Waals surface area (Å²) in [6, 6.07) is 0. The lowest BCUT2D eigenvalue weighted by Gasteiger charge is -2.10. The molecule has 1 heterocycles. The normalized spacial score (nSPS) is 10.8. The highest BCUT2D eigenvalue weighted by atomic mass is 127. The van der Waals surface area contributed by atoms with Crippen molar-refractivity contribution in [1.82, 2.24) is 9.13 Å². The summed E-state index contributed by atoms with van der Waals surface area (Å²) >= 11 is 1.89. The molecule has 1 aromatic heterocycles. The summed E-state index contributed by atoms with van der Waals surface area (Å²) in [6.07, 6.45) is 1.49. The largest absolute Gasteiger partial charge is 0.361 e. The fraction of sp³-hybridized carbons (Fsp3) is 0.600. The SMILES string of the molecule is CCOCn1cc(I)c(=O)n(COCC)c1=O. The molecule has 1 rings (SSSR count). The average Bonchev–Trinajstić information content (AvgIpc) is 2.32. The first-order valence-electron chi connectivity index (χ1n) is 5.27. The minimum absolute atomic E-state index is 0.0306. The van der Waals surface area contributed by atoms with Crippen LogP contribution in [-0.4, -0.2) is 22.3 Å². The van der Waals surface area contributed by atoms with Crippen LogP contribution < -0.4 is 11.2 Å². The molecule has 0 aliphatic rings. The van der Waals surface area contributed by atoms with Gasteiger partial charge in [0.15, 0.2) is 0 Å². The van der Waals surface area contributed by atoms with Crippen LogP contribution in [0.25, 0.3) is 0 Å². The summed E-state index contributed by atoms with van der Waals surface area (Å²) in [7, 11) is 0. The summed E-state index contributed by atoms with van der Waals surface area (Å²) in [5.41, 5.74) is -0.755. The molecule has 0 radical (unpaired) electrons. The molecule has 96 valence electrons. The van der Waals surface area contributed by atoms with Gasteiger partial charge in [-0.3, -0.25) is 9.36 Å². The van der Waals surface area contributed by atoms with Crippen LogP contribution in [0.5, 0.6) is 0 Å². The Kier molecular flexibility index (Phi) is 5.86. The van der Waals surface area contributed by atoms with Crippen molar-refractivity contribution in [3.05, 3.63) is 30.6 Å². The van der Waals surface area contributed by atoms with Gasteiger partial charge in [0.1, 0.15) is 13.5 Å². The van der Waals surface area contributed by atoms with E-state index in [1.54, 1.807) is 6.92 Å². The Labute approximate surface area is 112 Å². The van der Waals surface area contributed by atoms with Gasteiger partial charge in [-0.25, -0.2) is 9.36 Å². The van der Waals surface area contributed by atoms with Gasteiger partial charge in [-0.2, -0.15) is 0 Å². The number of aromatic nitrogens is 2. The number of nitrogens with zero attached hydrogens (tertiary/aromatic N) is 2. The van der Waals surface area contributed by atoms with Gasteiger partial charge in [0.2, 0.25) is 0 Å². The number of rotatable bonds is 6. The molecule has 7 heteroatoms. The fourth-order valence-electron chi connectivity index (χ4n) is 1.20. The second kappa shape index (κ2) is 6.92. The van der Waals surface area contributed by atoms with E-state index >= 15 is 0 Å². The Balaban J connectivity index is 3.13. The van der Waals surface area contributed by atoms with E-state index in [9.17, 15) is 9.59 Å². The first-order valence-corrected chi connectivity index (χ1v) is 6.35. The quantitative estimate of drug-likeness (QED) is 0.702. The molecular weight excluding hydrogens is 339 g/mol. The maximum atomic E-state index is 11.9. The number of halogens is 1. The predicted molar refractivity (Wildman–Crippen MR) is 70.9 cm³/mol. The molecule has 0 aromatic carbocycles. The van der Waals surface area contributed by atoms with Crippen LogP contribution in [0.1, 0.15) is 13.8 Å². The van der Waals surface area contributed by atoms with Crippen LogP contribution in [0.4, 0.5) is 0 Å². The second-order valence-electron chi connectivity index (χ2n) is 3.21. The predicted octanol–water partition coefficient (Wildman–Crippen LogP) is 0.603. The summed E-state index contributed by atoms with van der Waals surface area (Å²) < 4.78 is 13.1. The van der Waals surface area contributed by atoms with Gasteiger partial charge < -0.3 is 9.47 Å². The summed E-state index contributed by atoms with van der Waals surface area (Å²) in [4.78, 5) is 23.7. The van der Waals surface area contributed by atoms with E-state index in [2.05, 4.69) is 0 Å². The molecule has 0 unspecified atom stereocenters. The number of hydrogen-bond donors (Lipinski definition) is 0. The van der Waals surface area contributed by atoms with Gasteiger partial charge in [-0.05, 0) is 36.4 Å². The summed E-state index contributed by atoms with van der Waals surface area (Å²) in [6.45, 7) is 4.70. The summed E-state index contributed by atoms with van der Waals surface area (Å²) in [5, 5.41) is 0. The molecule has 0 saturated carbocycles. The molecule has 0 amide bonds. The summed E-state index contributed by atoms with van der Waals surface area (Å²) in [5.74, 6) is 0. The smallest absolute Gasteiger partial charge is 0.334 e. The lowest BCUT2D eigenvalue weighted by molar-refractivity contribution is 0.0659. The third kappa shape index (κ3) is 3.65. The van der Waals surface area contributed by atoms with Crippen LogP contribution >= 0.6 is 22.6 Å².